The molecule has 0 saturated carbocycles. The van der Waals surface area contributed by atoms with Crippen molar-refractivity contribution in [3.63, 3.8) is 0 Å². The predicted octanol–water partition coefficient (Wildman–Crippen LogP) is 2.50. The van der Waals surface area contributed by atoms with Gasteiger partial charge < -0.3 is 9.47 Å². The van der Waals surface area contributed by atoms with Crippen LogP contribution in [0.15, 0.2) is 40.6 Å². The van der Waals surface area contributed by atoms with Crippen LogP contribution in [0.25, 0.3) is 4.96 Å². The van der Waals surface area contributed by atoms with Crippen LogP contribution in [0.1, 0.15) is 16.8 Å². The second kappa shape index (κ2) is 6.84. The van der Waals surface area contributed by atoms with E-state index in [1.54, 1.807) is 11.6 Å². The molecule has 3 aromatic rings. The van der Waals surface area contributed by atoms with Crippen molar-refractivity contribution in [2.45, 2.75) is 20.5 Å². The monoisotopic (exact) mass is 344 g/mol. The van der Waals surface area contributed by atoms with Crippen LogP contribution in [0.2, 0.25) is 0 Å². The third-order valence-corrected chi connectivity index (χ3v) is 4.33. The zero-order valence-corrected chi connectivity index (χ0v) is 14.1. The number of carbonyl (C=O) groups excluding carboxylic acids is 1. The molecule has 0 spiro atoms. The van der Waals surface area contributed by atoms with E-state index in [1.165, 1.54) is 21.8 Å². The molecule has 0 fully saturated rings. The molecule has 24 heavy (non-hydrogen) atoms. The minimum atomic E-state index is -0.513. The maximum atomic E-state index is 11.8. The molecule has 1 aromatic carbocycles. The first-order valence-corrected chi connectivity index (χ1v) is 8.22. The van der Waals surface area contributed by atoms with Gasteiger partial charge in [-0.05, 0) is 37.1 Å². The van der Waals surface area contributed by atoms with Crippen LogP contribution in [-0.4, -0.2) is 22.0 Å². The van der Waals surface area contributed by atoms with Crippen molar-refractivity contribution in [3.05, 3.63) is 63.0 Å². The van der Waals surface area contributed by atoms with E-state index >= 15 is 0 Å². The number of hydrogen-bond donors (Lipinski definition) is 0. The molecule has 0 aliphatic rings. The van der Waals surface area contributed by atoms with Gasteiger partial charge in [0.15, 0.2) is 11.6 Å². The number of hydrogen-bond acceptors (Lipinski definition) is 6. The lowest BCUT2D eigenvalue weighted by atomic mass is 10.1. The van der Waals surface area contributed by atoms with Gasteiger partial charge in [-0.25, -0.2) is 9.78 Å². The molecule has 0 saturated heterocycles. The number of aromatic nitrogens is 2. The van der Waals surface area contributed by atoms with Crippen LogP contribution in [0.4, 0.5) is 0 Å². The Morgan fingerprint density at radius 1 is 1.25 bits per heavy atom. The summed E-state index contributed by atoms with van der Waals surface area (Å²) in [5.74, 6) is 0.104. The van der Waals surface area contributed by atoms with Crippen LogP contribution in [0.3, 0.4) is 0 Å². The maximum absolute atomic E-state index is 11.8. The molecule has 6 nitrogen and oxygen atoms in total. The molecule has 7 heteroatoms. The molecule has 0 amide bonds. The first-order valence-electron chi connectivity index (χ1n) is 7.34. The molecule has 0 aliphatic heterocycles. The number of benzene rings is 1. The smallest absolute Gasteiger partial charge is 0.344 e. The molecular weight excluding hydrogens is 328 g/mol. The number of rotatable bonds is 5. The Morgan fingerprint density at radius 2 is 2.08 bits per heavy atom. The third kappa shape index (κ3) is 3.62. The summed E-state index contributed by atoms with van der Waals surface area (Å²) in [5.41, 5.74) is 2.47. The molecule has 0 bridgehead atoms. The van der Waals surface area contributed by atoms with Gasteiger partial charge >= 0.3 is 5.97 Å². The van der Waals surface area contributed by atoms with Crippen molar-refractivity contribution in [2.24, 2.45) is 0 Å². The highest BCUT2D eigenvalue weighted by atomic mass is 32.1. The number of esters is 1. The number of carbonyl (C=O) groups is 1. The van der Waals surface area contributed by atoms with E-state index in [2.05, 4.69) is 4.98 Å². The van der Waals surface area contributed by atoms with Gasteiger partial charge in [0.25, 0.3) is 5.56 Å². The van der Waals surface area contributed by atoms with Gasteiger partial charge in [0.05, 0.1) is 5.69 Å². The van der Waals surface area contributed by atoms with Crippen LogP contribution >= 0.6 is 11.3 Å². The summed E-state index contributed by atoms with van der Waals surface area (Å²) in [6, 6.07) is 6.97. The second-order valence-corrected chi connectivity index (χ2v) is 6.21. The highest BCUT2D eigenvalue weighted by Gasteiger charge is 2.08. The molecule has 3 rings (SSSR count). The Labute approximate surface area is 142 Å². The van der Waals surface area contributed by atoms with Crippen molar-refractivity contribution in [1.82, 2.24) is 9.38 Å². The maximum Gasteiger partial charge on any atom is 0.344 e. The zero-order valence-electron chi connectivity index (χ0n) is 13.3. The van der Waals surface area contributed by atoms with Crippen molar-refractivity contribution < 1.29 is 14.3 Å². The Balaban J connectivity index is 1.56. The van der Waals surface area contributed by atoms with Gasteiger partial charge in [-0.3, -0.25) is 9.20 Å². The molecule has 2 aromatic heterocycles. The lowest BCUT2D eigenvalue weighted by Gasteiger charge is -2.08. The molecule has 0 unspecified atom stereocenters. The quantitative estimate of drug-likeness (QED) is 0.665. The van der Waals surface area contributed by atoms with Crippen molar-refractivity contribution in [2.75, 3.05) is 6.61 Å². The van der Waals surface area contributed by atoms with Crippen LogP contribution < -0.4 is 10.3 Å². The molecule has 0 atom stereocenters. The normalized spacial score (nSPS) is 10.8. The highest BCUT2D eigenvalue weighted by molar-refractivity contribution is 7.15. The van der Waals surface area contributed by atoms with E-state index in [1.807, 2.05) is 32.0 Å². The zero-order chi connectivity index (χ0) is 17.1. The van der Waals surface area contributed by atoms with Crippen LogP contribution in [-0.2, 0) is 16.1 Å². The van der Waals surface area contributed by atoms with Gasteiger partial charge in [0.1, 0.15) is 12.4 Å². The fourth-order valence-electron chi connectivity index (χ4n) is 2.10. The van der Waals surface area contributed by atoms with E-state index < -0.39 is 5.97 Å². The fraction of sp³-hybridized carbons (Fsp3) is 0.235. The lowest BCUT2D eigenvalue weighted by molar-refractivity contribution is -0.147. The summed E-state index contributed by atoms with van der Waals surface area (Å²) in [5, 5.41) is 1.77. The molecular formula is C17H16N2O4S. The van der Waals surface area contributed by atoms with Gasteiger partial charge in [0, 0.05) is 17.6 Å². The topological polar surface area (TPSA) is 69.9 Å². The average Bonchev–Trinajstić information content (AvgIpc) is 3.03. The third-order valence-electron chi connectivity index (χ3n) is 3.57. The summed E-state index contributed by atoms with van der Waals surface area (Å²) in [6.45, 7) is 3.74. The molecule has 124 valence electrons. The SMILES string of the molecule is Cc1ccc(OCC(=O)OCc2cc(=O)n3ccsc3n2)cc1C. The Hall–Kier alpha value is -2.67. The van der Waals surface area contributed by atoms with Crippen LogP contribution in [0, 0.1) is 13.8 Å². The molecule has 0 radical (unpaired) electrons. The van der Waals surface area contributed by atoms with Gasteiger partial charge in [-0.1, -0.05) is 6.07 Å². The Morgan fingerprint density at radius 3 is 2.88 bits per heavy atom. The summed E-state index contributed by atoms with van der Waals surface area (Å²) in [7, 11) is 0. The minimum absolute atomic E-state index is 0.0568. The van der Waals surface area contributed by atoms with Crippen LogP contribution in [0.5, 0.6) is 5.75 Å². The number of aryl methyl sites for hydroxylation is 2. The van der Waals surface area contributed by atoms with E-state index in [9.17, 15) is 9.59 Å². The molecule has 0 aliphatic carbocycles. The fourth-order valence-corrected chi connectivity index (χ4v) is 2.84. The number of ether oxygens (including phenoxy) is 2. The molecule has 2 heterocycles. The predicted molar refractivity (Wildman–Crippen MR) is 90.5 cm³/mol. The van der Waals surface area contributed by atoms with E-state index in [-0.39, 0.29) is 18.8 Å². The van der Waals surface area contributed by atoms with E-state index in [4.69, 9.17) is 9.47 Å². The summed E-state index contributed by atoms with van der Waals surface area (Å²) in [6.07, 6.45) is 1.66. The largest absolute Gasteiger partial charge is 0.482 e. The van der Waals surface area contributed by atoms with Crippen molar-refractivity contribution >= 4 is 22.3 Å². The van der Waals surface area contributed by atoms with Crippen molar-refractivity contribution in [1.29, 1.82) is 0 Å². The summed E-state index contributed by atoms with van der Waals surface area (Å²) in [4.78, 5) is 28.5. The number of fused-ring (bicyclic) bond motifs is 1. The number of thiazole rings is 1. The van der Waals surface area contributed by atoms with Gasteiger partial charge in [0.2, 0.25) is 0 Å². The standard InChI is InChI=1S/C17H16N2O4S/c1-11-3-4-14(7-12(11)2)22-10-16(21)23-9-13-8-15(20)19-5-6-24-17(19)18-13/h3-8H,9-10H2,1-2H3. The summed E-state index contributed by atoms with van der Waals surface area (Å²) >= 11 is 1.35. The first-order chi connectivity index (χ1) is 11.5. The van der Waals surface area contributed by atoms with Gasteiger partial charge in [-0.15, -0.1) is 11.3 Å². The Bertz CT molecular complexity index is 945. The van der Waals surface area contributed by atoms with Gasteiger partial charge in [-0.2, -0.15) is 0 Å². The van der Waals surface area contributed by atoms with E-state index in [0.717, 1.165) is 11.1 Å². The average molecular weight is 344 g/mol. The summed E-state index contributed by atoms with van der Waals surface area (Å²) < 4.78 is 12.0. The highest BCUT2D eigenvalue weighted by Crippen LogP contribution is 2.16. The van der Waals surface area contributed by atoms with Crippen molar-refractivity contribution in [3.8, 4) is 5.75 Å². The number of nitrogens with zero attached hydrogens (tertiary/aromatic N) is 2. The Kier molecular flexibility index (Phi) is 4.61. The first kappa shape index (κ1) is 16.2. The second-order valence-electron chi connectivity index (χ2n) is 5.34. The molecule has 0 N–H and O–H groups in total. The van der Waals surface area contributed by atoms with E-state index in [0.29, 0.717) is 16.4 Å². The minimum Gasteiger partial charge on any atom is -0.482 e. The lowest BCUT2D eigenvalue weighted by Crippen LogP contribution is -2.17.